The molecule has 0 bridgehead atoms. The topological polar surface area (TPSA) is 68.9 Å². The molecule has 0 unspecified atom stereocenters. The van der Waals surface area contributed by atoms with Gasteiger partial charge in [0.1, 0.15) is 0 Å². The lowest BCUT2D eigenvalue weighted by Crippen LogP contribution is -2.33. The van der Waals surface area contributed by atoms with Crippen LogP contribution < -0.4 is 20.5 Å². The van der Waals surface area contributed by atoms with Crippen molar-refractivity contribution in [3.8, 4) is 11.5 Å². The third kappa shape index (κ3) is 8.30. The number of halogens is 1. The van der Waals surface area contributed by atoms with Crippen molar-refractivity contribution in [2.75, 3.05) is 26.5 Å². The smallest absolute Gasteiger partial charge is 0.188 e. The van der Waals surface area contributed by atoms with Crippen molar-refractivity contribution in [1.29, 1.82) is 0 Å². The number of methoxy groups -OCH3 is 2. The van der Waals surface area contributed by atoms with Crippen LogP contribution in [0.15, 0.2) is 47.5 Å². The van der Waals surface area contributed by atoms with E-state index in [2.05, 4.69) is 41.5 Å². The van der Waals surface area contributed by atoms with Crippen LogP contribution >= 0.6 is 35.7 Å². The summed E-state index contributed by atoms with van der Waals surface area (Å²) in [6, 6.07) is 14.4. The number of aryl methyl sites for hydroxylation is 1. The molecule has 2 aromatic carbocycles. The van der Waals surface area contributed by atoms with Gasteiger partial charge < -0.3 is 20.5 Å². The predicted molar refractivity (Wildman–Crippen MR) is 126 cm³/mol. The van der Waals surface area contributed by atoms with Crippen molar-refractivity contribution in [3.63, 3.8) is 0 Å². The molecular weight excluding hydrogens is 473 g/mol. The zero-order valence-electron chi connectivity index (χ0n) is 16.0. The van der Waals surface area contributed by atoms with Crippen LogP contribution in [0.1, 0.15) is 16.7 Å². The molecule has 0 saturated heterocycles. The molecule has 27 heavy (non-hydrogen) atoms. The molecule has 0 radical (unpaired) electrons. The van der Waals surface area contributed by atoms with Gasteiger partial charge in [-0.25, -0.2) is 4.99 Å². The zero-order valence-corrected chi connectivity index (χ0v) is 19.2. The lowest BCUT2D eigenvalue weighted by atomic mass is 10.2. The third-order valence-corrected chi connectivity index (χ3v) is 4.85. The van der Waals surface area contributed by atoms with Gasteiger partial charge in [0.25, 0.3) is 0 Å². The van der Waals surface area contributed by atoms with E-state index < -0.39 is 0 Å². The second-order valence-electron chi connectivity index (χ2n) is 5.86. The Morgan fingerprint density at radius 1 is 1.04 bits per heavy atom. The van der Waals surface area contributed by atoms with Crippen LogP contribution in [-0.4, -0.2) is 32.5 Å². The number of aliphatic imine (C=N–C) groups is 1. The first kappa shape index (κ1) is 23.4. The monoisotopic (exact) mass is 501 g/mol. The normalized spacial score (nSPS) is 10.9. The second-order valence-corrected chi connectivity index (χ2v) is 6.96. The Morgan fingerprint density at radius 3 is 2.37 bits per heavy atom. The maximum absolute atomic E-state index is 5.93. The van der Waals surface area contributed by atoms with Crippen LogP contribution in [0.25, 0.3) is 0 Å². The molecule has 0 aliphatic heterocycles. The molecule has 0 aliphatic carbocycles. The Balaban J connectivity index is 0.00000364. The molecule has 0 spiro atoms. The molecule has 2 aromatic rings. The van der Waals surface area contributed by atoms with Gasteiger partial charge in [-0.05, 0) is 30.2 Å². The van der Waals surface area contributed by atoms with Crippen LogP contribution in [-0.2, 0) is 12.3 Å². The number of guanidine groups is 1. The van der Waals surface area contributed by atoms with Crippen LogP contribution in [0.2, 0.25) is 0 Å². The highest BCUT2D eigenvalue weighted by atomic mass is 127. The summed E-state index contributed by atoms with van der Waals surface area (Å²) in [6.45, 7) is 3.39. The fourth-order valence-electron chi connectivity index (χ4n) is 2.34. The standard InChI is InChI=1S/C20H27N3O2S.HI/c1-15-4-6-16(7-5-15)14-26-11-10-22-20(21)23-13-17-8-9-18(24-2)19(12-17)25-3;/h4-9,12H,10-11,13-14H2,1-3H3,(H3,21,22,23);1H. The summed E-state index contributed by atoms with van der Waals surface area (Å²) in [4.78, 5) is 4.37. The number of hydrogen-bond acceptors (Lipinski definition) is 4. The molecule has 0 atom stereocenters. The van der Waals surface area contributed by atoms with Gasteiger partial charge in [-0.15, -0.1) is 24.0 Å². The summed E-state index contributed by atoms with van der Waals surface area (Å²) in [5.74, 6) is 3.83. The lowest BCUT2D eigenvalue weighted by Gasteiger charge is -2.09. The van der Waals surface area contributed by atoms with Gasteiger partial charge in [-0.1, -0.05) is 35.9 Å². The molecule has 0 amide bonds. The summed E-state index contributed by atoms with van der Waals surface area (Å²) in [5.41, 5.74) is 9.58. The van der Waals surface area contributed by atoms with Crippen molar-refractivity contribution in [3.05, 3.63) is 59.2 Å². The Hall–Kier alpha value is -1.61. The number of rotatable bonds is 9. The highest BCUT2D eigenvalue weighted by Gasteiger charge is 2.04. The molecule has 3 N–H and O–H groups in total. The zero-order chi connectivity index (χ0) is 18.8. The summed E-state index contributed by atoms with van der Waals surface area (Å²) in [7, 11) is 3.24. The molecule has 7 heteroatoms. The predicted octanol–water partition coefficient (Wildman–Crippen LogP) is 3.97. The third-order valence-electron chi connectivity index (χ3n) is 3.82. The van der Waals surface area contributed by atoms with Gasteiger partial charge in [-0.3, -0.25) is 0 Å². The first-order chi connectivity index (χ1) is 12.6. The largest absolute Gasteiger partial charge is 0.493 e. The Morgan fingerprint density at radius 2 is 1.70 bits per heavy atom. The summed E-state index contributed by atoms with van der Waals surface area (Å²) in [5, 5.41) is 3.15. The molecule has 0 heterocycles. The first-order valence-corrected chi connectivity index (χ1v) is 9.66. The van der Waals surface area contributed by atoms with Crippen molar-refractivity contribution in [1.82, 2.24) is 5.32 Å². The van der Waals surface area contributed by atoms with E-state index in [1.165, 1.54) is 11.1 Å². The van der Waals surface area contributed by atoms with E-state index in [4.69, 9.17) is 15.2 Å². The van der Waals surface area contributed by atoms with Crippen molar-refractivity contribution < 1.29 is 9.47 Å². The van der Waals surface area contributed by atoms with Gasteiger partial charge in [0.2, 0.25) is 0 Å². The molecule has 2 rings (SSSR count). The van der Waals surface area contributed by atoms with Gasteiger partial charge in [0.15, 0.2) is 17.5 Å². The van der Waals surface area contributed by atoms with E-state index in [0.717, 1.165) is 23.6 Å². The summed E-state index contributed by atoms with van der Waals surface area (Å²) < 4.78 is 10.5. The van der Waals surface area contributed by atoms with Crippen molar-refractivity contribution in [2.24, 2.45) is 10.7 Å². The highest BCUT2D eigenvalue weighted by Crippen LogP contribution is 2.27. The van der Waals surface area contributed by atoms with Gasteiger partial charge >= 0.3 is 0 Å². The Kier molecular flexibility index (Phi) is 11.0. The van der Waals surface area contributed by atoms with E-state index in [1.54, 1.807) is 14.2 Å². The lowest BCUT2D eigenvalue weighted by molar-refractivity contribution is 0.354. The second kappa shape index (κ2) is 12.7. The average Bonchev–Trinajstić information content (AvgIpc) is 2.67. The van der Waals surface area contributed by atoms with Gasteiger partial charge in [0.05, 0.1) is 20.8 Å². The Labute approximate surface area is 183 Å². The van der Waals surface area contributed by atoms with E-state index in [-0.39, 0.29) is 24.0 Å². The minimum Gasteiger partial charge on any atom is -0.493 e. The van der Waals surface area contributed by atoms with Gasteiger partial charge in [-0.2, -0.15) is 11.8 Å². The quantitative estimate of drug-likeness (QED) is 0.236. The van der Waals surface area contributed by atoms with Crippen LogP contribution in [0, 0.1) is 6.92 Å². The fraction of sp³-hybridized carbons (Fsp3) is 0.350. The molecule has 0 aliphatic rings. The molecule has 0 aromatic heterocycles. The number of ether oxygens (including phenoxy) is 2. The molecular formula is C20H28IN3O2S. The molecule has 148 valence electrons. The van der Waals surface area contributed by atoms with Crippen LogP contribution in [0.5, 0.6) is 11.5 Å². The average molecular weight is 501 g/mol. The molecule has 5 nitrogen and oxygen atoms in total. The number of nitrogens with one attached hydrogen (secondary N) is 1. The van der Waals surface area contributed by atoms with E-state index in [1.807, 2.05) is 30.0 Å². The van der Waals surface area contributed by atoms with Crippen LogP contribution in [0.4, 0.5) is 0 Å². The van der Waals surface area contributed by atoms with E-state index in [9.17, 15) is 0 Å². The number of nitrogens with two attached hydrogens (primary N) is 1. The summed E-state index contributed by atoms with van der Waals surface area (Å²) in [6.07, 6.45) is 0. The maximum atomic E-state index is 5.93. The van der Waals surface area contributed by atoms with Crippen molar-refractivity contribution in [2.45, 2.75) is 19.2 Å². The minimum absolute atomic E-state index is 0. The molecule has 0 fully saturated rings. The SMILES string of the molecule is COc1ccc(CN=C(N)NCCSCc2ccc(C)cc2)cc1OC.I. The maximum Gasteiger partial charge on any atom is 0.188 e. The fourth-order valence-corrected chi connectivity index (χ4v) is 3.16. The number of thioether (sulfide) groups is 1. The molecule has 0 saturated carbocycles. The number of hydrogen-bond donors (Lipinski definition) is 2. The Bertz CT molecular complexity index is 724. The van der Waals surface area contributed by atoms with Gasteiger partial charge in [0, 0.05) is 18.1 Å². The van der Waals surface area contributed by atoms with Crippen LogP contribution in [0.3, 0.4) is 0 Å². The van der Waals surface area contributed by atoms with E-state index in [0.29, 0.717) is 24.0 Å². The number of nitrogens with zero attached hydrogens (tertiary/aromatic N) is 1. The highest BCUT2D eigenvalue weighted by molar-refractivity contribution is 14.0. The van der Waals surface area contributed by atoms with Crippen molar-refractivity contribution >= 4 is 41.7 Å². The van der Waals surface area contributed by atoms with E-state index >= 15 is 0 Å². The first-order valence-electron chi connectivity index (χ1n) is 8.50. The number of benzene rings is 2. The summed E-state index contributed by atoms with van der Waals surface area (Å²) >= 11 is 1.87. The minimum atomic E-state index is 0.